The minimum absolute atomic E-state index is 0.0381. The van der Waals surface area contributed by atoms with Gasteiger partial charge in [0.2, 0.25) is 5.91 Å². The first-order chi connectivity index (χ1) is 8.67. The predicted molar refractivity (Wildman–Crippen MR) is 80.4 cm³/mol. The van der Waals surface area contributed by atoms with Crippen LogP contribution in [0.15, 0.2) is 24.3 Å². The Morgan fingerprint density at radius 3 is 2.78 bits per heavy atom. The molecule has 1 aromatic rings. The van der Waals surface area contributed by atoms with Crippen molar-refractivity contribution in [2.75, 3.05) is 11.9 Å². The maximum absolute atomic E-state index is 11.8. The molecule has 100 valence electrons. The highest BCUT2D eigenvalue weighted by Gasteiger charge is 2.09. The van der Waals surface area contributed by atoms with Gasteiger partial charge in [-0.15, -0.1) is 0 Å². The molecule has 0 aliphatic rings. The van der Waals surface area contributed by atoms with Crippen LogP contribution < -0.4 is 5.32 Å². The molecular weight excluding hydrogens is 314 g/mol. The Labute approximate surface area is 122 Å². The molecule has 18 heavy (non-hydrogen) atoms. The zero-order valence-corrected chi connectivity index (χ0v) is 12.9. The molecule has 0 heterocycles. The summed E-state index contributed by atoms with van der Waals surface area (Å²) in [6.45, 7) is 2.89. The average molecular weight is 333 g/mol. The van der Waals surface area contributed by atoms with E-state index >= 15 is 0 Å². The topological polar surface area (TPSA) is 29.1 Å². The van der Waals surface area contributed by atoms with E-state index in [4.69, 9.17) is 11.6 Å². The lowest BCUT2D eigenvalue weighted by atomic mass is 10.0. The van der Waals surface area contributed by atoms with Crippen molar-refractivity contribution in [3.05, 3.63) is 34.9 Å². The van der Waals surface area contributed by atoms with Gasteiger partial charge in [-0.2, -0.15) is 0 Å². The molecule has 2 nitrogen and oxygen atoms in total. The molecule has 0 aliphatic carbocycles. The first-order valence-corrected chi connectivity index (χ1v) is 7.73. The number of halogens is 2. The van der Waals surface area contributed by atoms with Gasteiger partial charge in [-0.05, 0) is 24.0 Å². The van der Waals surface area contributed by atoms with Crippen LogP contribution in [0.1, 0.15) is 25.3 Å². The van der Waals surface area contributed by atoms with E-state index in [1.54, 1.807) is 0 Å². The normalized spacial score (nSPS) is 12.2. The van der Waals surface area contributed by atoms with E-state index in [1.165, 1.54) is 0 Å². The highest BCUT2D eigenvalue weighted by atomic mass is 79.9. The van der Waals surface area contributed by atoms with Gasteiger partial charge in [-0.25, -0.2) is 0 Å². The summed E-state index contributed by atoms with van der Waals surface area (Å²) in [6.07, 6.45) is 2.52. The summed E-state index contributed by atoms with van der Waals surface area (Å²) in [5, 5.41) is 4.61. The van der Waals surface area contributed by atoms with Gasteiger partial charge in [0.15, 0.2) is 0 Å². The summed E-state index contributed by atoms with van der Waals surface area (Å²) in [5.41, 5.74) is 0.880. The van der Waals surface area contributed by atoms with Crippen molar-refractivity contribution in [2.45, 2.75) is 26.2 Å². The van der Waals surface area contributed by atoms with E-state index in [1.807, 2.05) is 24.3 Å². The quantitative estimate of drug-likeness (QED) is 0.756. The first-order valence-electron chi connectivity index (χ1n) is 6.23. The van der Waals surface area contributed by atoms with Crippen molar-refractivity contribution in [3.63, 3.8) is 0 Å². The summed E-state index contributed by atoms with van der Waals surface area (Å²) >= 11 is 9.45. The van der Waals surface area contributed by atoms with E-state index in [0.29, 0.717) is 17.4 Å². The molecule has 1 atom stereocenters. The van der Waals surface area contributed by atoms with Gasteiger partial charge in [-0.1, -0.05) is 59.1 Å². The van der Waals surface area contributed by atoms with E-state index in [0.717, 1.165) is 30.3 Å². The van der Waals surface area contributed by atoms with Crippen LogP contribution in [0.5, 0.6) is 0 Å². The molecular formula is C14H19BrClNO. The molecule has 0 bridgehead atoms. The molecule has 0 spiro atoms. The van der Waals surface area contributed by atoms with Crippen LogP contribution in [-0.2, 0) is 11.2 Å². The standard InChI is InChI=1S/C14H19BrClNO/c1-2-11(7-8-15)10-17-14(18)9-12-5-3-4-6-13(12)16/h3-6,11H,2,7-10H2,1H3,(H,17,18). The highest BCUT2D eigenvalue weighted by Crippen LogP contribution is 2.15. The minimum atomic E-state index is 0.0381. The van der Waals surface area contributed by atoms with Crippen molar-refractivity contribution < 1.29 is 4.79 Å². The van der Waals surface area contributed by atoms with Crippen molar-refractivity contribution in [3.8, 4) is 0 Å². The molecule has 0 saturated heterocycles. The van der Waals surface area contributed by atoms with E-state index in [2.05, 4.69) is 28.2 Å². The van der Waals surface area contributed by atoms with Crippen LogP contribution in [-0.4, -0.2) is 17.8 Å². The molecule has 4 heteroatoms. The maximum Gasteiger partial charge on any atom is 0.224 e. The summed E-state index contributed by atoms with van der Waals surface area (Å²) in [5.74, 6) is 0.579. The van der Waals surface area contributed by atoms with Crippen LogP contribution in [0.25, 0.3) is 0 Å². The fourth-order valence-corrected chi connectivity index (χ4v) is 2.59. The third-order valence-electron chi connectivity index (χ3n) is 2.99. The number of alkyl halides is 1. The number of hydrogen-bond acceptors (Lipinski definition) is 1. The highest BCUT2D eigenvalue weighted by molar-refractivity contribution is 9.09. The molecule has 1 rings (SSSR count). The largest absolute Gasteiger partial charge is 0.356 e. The zero-order valence-electron chi connectivity index (χ0n) is 10.6. The second kappa shape index (κ2) is 8.54. The Balaban J connectivity index is 2.40. The Morgan fingerprint density at radius 1 is 1.44 bits per heavy atom. The third kappa shape index (κ3) is 5.40. The molecule has 1 amide bonds. The van der Waals surface area contributed by atoms with Crippen molar-refractivity contribution >= 4 is 33.4 Å². The van der Waals surface area contributed by atoms with Gasteiger partial charge >= 0.3 is 0 Å². The molecule has 1 aromatic carbocycles. The van der Waals surface area contributed by atoms with Gasteiger partial charge in [0.25, 0.3) is 0 Å². The second-order valence-electron chi connectivity index (χ2n) is 4.32. The molecule has 0 aromatic heterocycles. The summed E-state index contributed by atoms with van der Waals surface area (Å²) in [7, 11) is 0. The van der Waals surface area contributed by atoms with E-state index < -0.39 is 0 Å². The molecule has 0 radical (unpaired) electrons. The van der Waals surface area contributed by atoms with Crippen LogP contribution in [0.4, 0.5) is 0 Å². The first kappa shape index (κ1) is 15.5. The van der Waals surface area contributed by atoms with Crippen LogP contribution in [0, 0.1) is 5.92 Å². The van der Waals surface area contributed by atoms with Crippen molar-refractivity contribution in [1.29, 1.82) is 0 Å². The van der Waals surface area contributed by atoms with Crippen molar-refractivity contribution in [1.82, 2.24) is 5.32 Å². The van der Waals surface area contributed by atoms with Gasteiger partial charge in [0.05, 0.1) is 6.42 Å². The summed E-state index contributed by atoms with van der Waals surface area (Å²) in [6, 6.07) is 7.46. The molecule has 0 saturated carbocycles. The number of carbonyl (C=O) groups is 1. The smallest absolute Gasteiger partial charge is 0.224 e. The Kier molecular flexibility index (Phi) is 7.36. The monoisotopic (exact) mass is 331 g/mol. The van der Waals surface area contributed by atoms with Gasteiger partial charge in [0, 0.05) is 16.9 Å². The number of amides is 1. The predicted octanol–water partition coefficient (Wildman–Crippen LogP) is 3.81. The van der Waals surface area contributed by atoms with Gasteiger partial charge in [0.1, 0.15) is 0 Å². The average Bonchev–Trinajstić information content (AvgIpc) is 2.37. The minimum Gasteiger partial charge on any atom is -0.356 e. The lowest BCUT2D eigenvalue weighted by Gasteiger charge is -2.14. The summed E-state index contributed by atoms with van der Waals surface area (Å²) in [4.78, 5) is 11.8. The Bertz CT molecular complexity index is 384. The molecule has 1 unspecified atom stereocenters. The fourth-order valence-electron chi connectivity index (χ4n) is 1.74. The van der Waals surface area contributed by atoms with Crippen molar-refractivity contribution in [2.24, 2.45) is 5.92 Å². The number of rotatable bonds is 7. The van der Waals surface area contributed by atoms with Gasteiger partial charge < -0.3 is 5.32 Å². The number of carbonyl (C=O) groups excluding carboxylic acids is 1. The fraction of sp³-hybridized carbons (Fsp3) is 0.500. The Morgan fingerprint density at radius 2 is 2.17 bits per heavy atom. The number of nitrogens with one attached hydrogen (secondary N) is 1. The lowest BCUT2D eigenvalue weighted by molar-refractivity contribution is -0.120. The molecule has 0 aliphatic heterocycles. The van der Waals surface area contributed by atoms with Crippen LogP contribution >= 0.6 is 27.5 Å². The van der Waals surface area contributed by atoms with E-state index in [9.17, 15) is 4.79 Å². The number of benzene rings is 1. The third-order valence-corrected chi connectivity index (χ3v) is 3.82. The van der Waals surface area contributed by atoms with E-state index in [-0.39, 0.29) is 5.91 Å². The molecule has 1 N–H and O–H groups in total. The Hall–Kier alpha value is -0.540. The number of hydrogen-bond donors (Lipinski definition) is 1. The SMILES string of the molecule is CCC(CCBr)CNC(=O)Cc1ccccc1Cl. The maximum atomic E-state index is 11.8. The van der Waals surface area contributed by atoms with Crippen LogP contribution in [0.2, 0.25) is 5.02 Å². The molecule has 0 fully saturated rings. The van der Waals surface area contributed by atoms with Crippen LogP contribution in [0.3, 0.4) is 0 Å². The second-order valence-corrected chi connectivity index (χ2v) is 5.52. The lowest BCUT2D eigenvalue weighted by Crippen LogP contribution is -2.30. The van der Waals surface area contributed by atoms with Gasteiger partial charge in [-0.3, -0.25) is 4.79 Å². The zero-order chi connectivity index (χ0) is 13.4. The summed E-state index contributed by atoms with van der Waals surface area (Å²) < 4.78 is 0.